The normalized spacial score (nSPS) is 16.9. The standard InChI is InChI=1S/C21H23N5O2/c1-15-5-4-11-25(14-15)21(28)18-17-6-2-3-12-26(17)19(24-18)20(27)23-13-16-7-9-22-10-8-16/h2-3,6-10,12,15H,4-5,11,13-14H2,1H3,(H,23,27). The number of piperidine rings is 1. The Morgan fingerprint density at radius 1 is 1.21 bits per heavy atom. The Kier molecular flexibility index (Phi) is 5.06. The molecule has 28 heavy (non-hydrogen) atoms. The van der Waals surface area contributed by atoms with Crippen LogP contribution in [0.1, 0.15) is 46.4 Å². The van der Waals surface area contributed by atoms with Crippen molar-refractivity contribution in [2.24, 2.45) is 5.92 Å². The van der Waals surface area contributed by atoms with Crippen molar-refractivity contribution in [3.05, 3.63) is 66.0 Å². The Labute approximate surface area is 163 Å². The van der Waals surface area contributed by atoms with Crippen LogP contribution in [0.2, 0.25) is 0 Å². The minimum Gasteiger partial charge on any atom is -0.345 e. The highest BCUT2D eigenvalue weighted by molar-refractivity contribution is 6.02. The maximum Gasteiger partial charge on any atom is 0.287 e. The summed E-state index contributed by atoms with van der Waals surface area (Å²) in [6.45, 7) is 3.99. The summed E-state index contributed by atoms with van der Waals surface area (Å²) < 4.78 is 1.68. The monoisotopic (exact) mass is 377 g/mol. The van der Waals surface area contributed by atoms with Crippen LogP contribution in [0.3, 0.4) is 0 Å². The van der Waals surface area contributed by atoms with Gasteiger partial charge < -0.3 is 10.2 Å². The smallest absolute Gasteiger partial charge is 0.287 e. The molecule has 2 amide bonds. The average molecular weight is 377 g/mol. The van der Waals surface area contributed by atoms with Gasteiger partial charge in [0.1, 0.15) is 0 Å². The highest BCUT2D eigenvalue weighted by Gasteiger charge is 2.27. The fraction of sp³-hybridized carbons (Fsp3) is 0.333. The molecular formula is C21H23N5O2. The third kappa shape index (κ3) is 3.60. The van der Waals surface area contributed by atoms with Crippen LogP contribution in [0.25, 0.3) is 5.52 Å². The number of carbonyl (C=O) groups is 2. The topological polar surface area (TPSA) is 79.6 Å². The van der Waals surface area contributed by atoms with Crippen LogP contribution >= 0.6 is 0 Å². The molecule has 4 heterocycles. The molecule has 1 atom stereocenters. The SMILES string of the molecule is CC1CCCN(C(=O)c2nc(C(=O)NCc3ccncc3)n3ccccc23)C1. The molecule has 0 bridgehead atoms. The first-order valence-corrected chi connectivity index (χ1v) is 9.57. The Morgan fingerprint density at radius 3 is 2.82 bits per heavy atom. The van der Waals surface area contributed by atoms with Gasteiger partial charge in [-0.1, -0.05) is 13.0 Å². The van der Waals surface area contributed by atoms with Crippen molar-refractivity contribution in [2.45, 2.75) is 26.3 Å². The number of hydrogen-bond donors (Lipinski definition) is 1. The zero-order valence-corrected chi connectivity index (χ0v) is 15.8. The van der Waals surface area contributed by atoms with Crippen molar-refractivity contribution < 1.29 is 9.59 Å². The molecule has 1 aliphatic rings. The summed E-state index contributed by atoms with van der Waals surface area (Å²) in [5.74, 6) is 0.278. The van der Waals surface area contributed by atoms with Gasteiger partial charge in [0.05, 0.1) is 5.52 Å². The van der Waals surface area contributed by atoms with Crippen molar-refractivity contribution in [1.82, 2.24) is 24.6 Å². The van der Waals surface area contributed by atoms with Crippen molar-refractivity contribution in [1.29, 1.82) is 0 Å². The van der Waals surface area contributed by atoms with Crippen molar-refractivity contribution >= 4 is 17.3 Å². The number of fused-ring (bicyclic) bond motifs is 1. The van der Waals surface area contributed by atoms with E-state index in [1.54, 1.807) is 23.0 Å². The number of hydrogen-bond acceptors (Lipinski definition) is 4. The molecule has 7 nitrogen and oxygen atoms in total. The molecule has 144 valence electrons. The van der Waals surface area contributed by atoms with Crippen LogP contribution in [0, 0.1) is 5.92 Å². The van der Waals surface area contributed by atoms with Crippen LogP contribution in [0.15, 0.2) is 48.9 Å². The Balaban J connectivity index is 1.61. The molecule has 1 saturated heterocycles. The van der Waals surface area contributed by atoms with E-state index in [0.717, 1.165) is 31.5 Å². The maximum absolute atomic E-state index is 13.1. The number of nitrogens with one attached hydrogen (secondary N) is 1. The number of nitrogens with zero attached hydrogens (tertiary/aromatic N) is 4. The number of pyridine rings is 2. The van der Waals surface area contributed by atoms with Gasteiger partial charge in [0, 0.05) is 38.2 Å². The van der Waals surface area contributed by atoms with Crippen LogP contribution in [0.5, 0.6) is 0 Å². The number of likely N-dealkylation sites (tertiary alicyclic amines) is 1. The van der Waals surface area contributed by atoms with Crippen LogP contribution < -0.4 is 5.32 Å². The van der Waals surface area contributed by atoms with E-state index in [1.165, 1.54) is 0 Å². The summed E-state index contributed by atoms with van der Waals surface area (Å²) in [4.78, 5) is 36.1. The van der Waals surface area contributed by atoms with E-state index in [-0.39, 0.29) is 17.6 Å². The molecule has 7 heteroatoms. The third-order valence-electron chi connectivity index (χ3n) is 5.10. The zero-order chi connectivity index (χ0) is 19.5. The first kappa shape index (κ1) is 18.2. The van der Waals surface area contributed by atoms with Crippen molar-refractivity contribution in [2.75, 3.05) is 13.1 Å². The number of rotatable bonds is 4. The van der Waals surface area contributed by atoms with Crippen molar-refractivity contribution in [3.63, 3.8) is 0 Å². The summed E-state index contributed by atoms with van der Waals surface area (Å²) in [5, 5.41) is 2.87. The second-order valence-corrected chi connectivity index (χ2v) is 7.28. The number of amides is 2. The molecule has 1 N–H and O–H groups in total. The molecule has 0 aromatic carbocycles. The van der Waals surface area contributed by atoms with E-state index in [4.69, 9.17) is 0 Å². The van der Waals surface area contributed by atoms with E-state index in [0.29, 0.717) is 23.7 Å². The van der Waals surface area contributed by atoms with Gasteiger partial charge in [-0.15, -0.1) is 0 Å². The molecule has 0 radical (unpaired) electrons. The molecule has 4 rings (SSSR count). The second kappa shape index (κ2) is 7.80. The molecular weight excluding hydrogens is 354 g/mol. The number of imidazole rings is 1. The van der Waals surface area contributed by atoms with E-state index in [1.807, 2.05) is 35.2 Å². The zero-order valence-electron chi connectivity index (χ0n) is 15.8. The first-order chi connectivity index (χ1) is 13.6. The van der Waals surface area contributed by atoms with Gasteiger partial charge in [-0.3, -0.25) is 19.0 Å². The summed E-state index contributed by atoms with van der Waals surface area (Å²) in [5.41, 5.74) is 1.94. The van der Waals surface area contributed by atoms with Gasteiger partial charge in [0.25, 0.3) is 11.8 Å². The number of aromatic nitrogens is 3. The molecule has 0 saturated carbocycles. The fourth-order valence-electron chi connectivity index (χ4n) is 3.64. The Morgan fingerprint density at radius 2 is 2.04 bits per heavy atom. The molecule has 0 spiro atoms. The fourth-order valence-corrected chi connectivity index (χ4v) is 3.64. The van der Waals surface area contributed by atoms with E-state index in [9.17, 15) is 9.59 Å². The van der Waals surface area contributed by atoms with Gasteiger partial charge in [-0.05, 0) is 48.6 Å². The summed E-state index contributed by atoms with van der Waals surface area (Å²) in [6.07, 6.45) is 7.26. The lowest BCUT2D eigenvalue weighted by molar-refractivity contribution is 0.0679. The summed E-state index contributed by atoms with van der Waals surface area (Å²) >= 11 is 0. The highest BCUT2D eigenvalue weighted by atomic mass is 16.2. The summed E-state index contributed by atoms with van der Waals surface area (Å²) in [7, 11) is 0. The van der Waals surface area contributed by atoms with Crippen LogP contribution in [-0.4, -0.2) is 44.2 Å². The van der Waals surface area contributed by atoms with Crippen molar-refractivity contribution in [3.8, 4) is 0 Å². The summed E-state index contributed by atoms with van der Waals surface area (Å²) in [6, 6.07) is 9.19. The Hall–Kier alpha value is -3.22. The lowest BCUT2D eigenvalue weighted by Crippen LogP contribution is -2.39. The van der Waals surface area contributed by atoms with Gasteiger partial charge in [0.2, 0.25) is 5.82 Å². The second-order valence-electron chi connectivity index (χ2n) is 7.28. The van der Waals surface area contributed by atoms with Gasteiger partial charge >= 0.3 is 0 Å². The molecule has 3 aromatic heterocycles. The average Bonchev–Trinajstić information content (AvgIpc) is 3.12. The third-order valence-corrected chi connectivity index (χ3v) is 5.10. The van der Waals surface area contributed by atoms with E-state index < -0.39 is 0 Å². The molecule has 0 aliphatic carbocycles. The number of carbonyl (C=O) groups excluding carboxylic acids is 2. The van der Waals surface area contributed by atoms with Gasteiger partial charge in [-0.25, -0.2) is 4.98 Å². The molecule has 1 fully saturated rings. The molecule has 1 aliphatic heterocycles. The minimum atomic E-state index is -0.316. The maximum atomic E-state index is 13.1. The van der Waals surface area contributed by atoms with Crippen LogP contribution in [-0.2, 0) is 6.54 Å². The molecule has 3 aromatic rings. The lowest BCUT2D eigenvalue weighted by atomic mass is 10.00. The minimum absolute atomic E-state index is 0.108. The predicted octanol–water partition coefficient (Wildman–Crippen LogP) is 2.53. The lowest BCUT2D eigenvalue weighted by Gasteiger charge is -2.30. The van der Waals surface area contributed by atoms with E-state index in [2.05, 4.69) is 22.2 Å². The molecule has 1 unspecified atom stereocenters. The van der Waals surface area contributed by atoms with E-state index >= 15 is 0 Å². The Bertz CT molecular complexity index is 998. The quantitative estimate of drug-likeness (QED) is 0.758. The highest BCUT2D eigenvalue weighted by Crippen LogP contribution is 2.20. The van der Waals surface area contributed by atoms with Gasteiger partial charge in [0.15, 0.2) is 5.69 Å². The van der Waals surface area contributed by atoms with Crippen LogP contribution in [0.4, 0.5) is 0 Å². The first-order valence-electron chi connectivity index (χ1n) is 9.57. The largest absolute Gasteiger partial charge is 0.345 e. The van der Waals surface area contributed by atoms with Gasteiger partial charge in [-0.2, -0.15) is 0 Å². The predicted molar refractivity (Wildman–Crippen MR) is 105 cm³/mol.